The minimum absolute atomic E-state index is 0. The normalized spacial score (nSPS) is 9.44. The minimum Gasteiger partial charge on any atom is -0.192 e. The van der Waals surface area contributed by atoms with Crippen LogP contribution in [0.4, 0.5) is 0 Å². The fourth-order valence-electron chi connectivity index (χ4n) is 3.54. The summed E-state index contributed by atoms with van der Waals surface area (Å²) in [6.07, 6.45) is 12.5. The molecule has 0 radical (unpaired) electrons. The molecule has 0 aromatic heterocycles. The maximum atomic E-state index is 2.32. The molecule has 2 heteroatoms. The average molecular weight is 413 g/mol. The second kappa shape index (κ2) is 20.2. The Kier molecular flexibility index (Phi) is 19.3. The molecular formula is C30H38Li2. The van der Waals surface area contributed by atoms with Gasteiger partial charge in [-0.05, 0) is 0 Å². The number of hydrogen-bond acceptors (Lipinski definition) is 0. The van der Waals surface area contributed by atoms with Crippen LogP contribution in [-0.4, -0.2) is 0 Å². The predicted octanol–water partition coefficient (Wildman–Crippen LogP) is 3.07. The van der Waals surface area contributed by atoms with E-state index in [2.05, 4.69) is 111 Å². The first-order chi connectivity index (χ1) is 14.8. The molecule has 0 heterocycles. The maximum Gasteiger partial charge on any atom is 1.00 e. The van der Waals surface area contributed by atoms with Crippen molar-refractivity contribution in [3.8, 4) is 0 Å². The van der Waals surface area contributed by atoms with Crippen molar-refractivity contribution in [3.05, 3.63) is 120 Å². The summed E-state index contributed by atoms with van der Waals surface area (Å²) >= 11 is 0. The third-order valence-electron chi connectivity index (χ3n) is 5.26. The third-order valence-corrected chi connectivity index (χ3v) is 5.26. The standard InChI is InChI=1S/C18H21.C12H17.2Li/c1-2-3-6-15-18(16-11-7-4-8-12-16)17-13-9-5-10-14-17;1-2-3-4-6-9-12-10-7-5-8-11-12;;/h4-5,7-14H,2-3,6,15H2,1H3;5,7-11H,2-4,6H2,1H3;;/q2*-1;2*+1. The molecule has 0 spiro atoms. The Morgan fingerprint density at radius 2 is 1.00 bits per heavy atom. The van der Waals surface area contributed by atoms with Crippen LogP contribution in [0.2, 0.25) is 0 Å². The summed E-state index contributed by atoms with van der Waals surface area (Å²) in [5.74, 6) is 1.48. The largest absolute Gasteiger partial charge is 1.00 e. The Hall–Kier alpha value is -1.41. The van der Waals surface area contributed by atoms with E-state index in [0.717, 1.165) is 0 Å². The second-order valence-electron chi connectivity index (χ2n) is 7.78. The molecule has 0 atom stereocenters. The fraction of sp³-hybridized carbons (Fsp3) is 0.333. The molecule has 0 aliphatic carbocycles. The van der Waals surface area contributed by atoms with E-state index < -0.39 is 0 Å². The average Bonchev–Trinajstić information content (AvgIpc) is 2.82. The Labute approximate surface area is 222 Å². The number of unbranched alkanes of at least 4 members (excludes halogenated alkanes) is 5. The quantitative estimate of drug-likeness (QED) is 0.258. The van der Waals surface area contributed by atoms with Crippen LogP contribution < -0.4 is 37.7 Å². The first kappa shape index (κ1) is 30.6. The van der Waals surface area contributed by atoms with Gasteiger partial charge in [-0.3, -0.25) is 0 Å². The van der Waals surface area contributed by atoms with E-state index >= 15 is 0 Å². The van der Waals surface area contributed by atoms with Gasteiger partial charge in [-0.15, -0.1) is 53.4 Å². The van der Waals surface area contributed by atoms with E-state index in [9.17, 15) is 0 Å². The van der Waals surface area contributed by atoms with Crippen LogP contribution >= 0.6 is 0 Å². The molecule has 0 nitrogen and oxygen atoms in total. The Balaban J connectivity index is 0.000000607. The summed E-state index contributed by atoms with van der Waals surface area (Å²) < 4.78 is 0. The van der Waals surface area contributed by atoms with Crippen LogP contribution in [-0.2, 0) is 0 Å². The van der Waals surface area contributed by atoms with Crippen molar-refractivity contribution >= 4 is 0 Å². The van der Waals surface area contributed by atoms with Gasteiger partial charge in [-0.1, -0.05) is 108 Å². The summed E-state index contributed by atoms with van der Waals surface area (Å²) in [4.78, 5) is 0. The topological polar surface area (TPSA) is 0 Å². The summed E-state index contributed by atoms with van der Waals surface area (Å²) in [7, 11) is 0. The monoisotopic (exact) mass is 412 g/mol. The van der Waals surface area contributed by atoms with E-state index in [1.165, 1.54) is 74.0 Å². The molecule has 0 unspecified atom stereocenters. The van der Waals surface area contributed by atoms with Crippen molar-refractivity contribution in [1.82, 2.24) is 0 Å². The van der Waals surface area contributed by atoms with Gasteiger partial charge in [0.05, 0.1) is 0 Å². The Morgan fingerprint density at radius 3 is 1.47 bits per heavy atom. The molecule has 0 saturated heterocycles. The molecule has 0 bridgehead atoms. The van der Waals surface area contributed by atoms with Crippen LogP contribution in [0.5, 0.6) is 0 Å². The van der Waals surface area contributed by atoms with E-state index in [1.807, 2.05) is 0 Å². The van der Waals surface area contributed by atoms with Gasteiger partial charge in [-0.2, -0.15) is 24.1 Å². The van der Waals surface area contributed by atoms with E-state index in [0.29, 0.717) is 0 Å². The van der Waals surface area contributed by atoms with Gasteiger partial charge in [-0.25, -0.2) is 0 Å². The summed E-state index contributed by atoms with van der Waals surface area (Å²) in [6, 6.07) is 32.1. The molecule has 0 fully saturated rings. The molecule has 32 heavy (non-hydrogen) atoms. The molecule has 3 aromatic rings. The molecule has 3 rings (SSSR count). The summed E-state index contributed by atoms with van der Waals surface area (Å²) in [5, 5.41) is 0. The minimum atomic E-state index is 0. The van der Waals surface area contributed by atoms with Crippen molar-refractivity contribution < 1.29 is 37.7 Å². The van der Waals surface area contributed by atoms with Crippen LogP contribution in [0.1, 0.15) is 81.9 Å². The predicted molar refractivity (Wildman–Crippen MR) is 132 cm³/mol. The molecule has 0 saturated carbocycles. The molecule has 0 N–H and O–H groups in total. The SMILES string of the molecule is CCCCC[C-](c1ccccc1)c1ccccc1.CCCCC[CH-]c1ccccc1.[Li+].[Li+]. The Morgan fingerprint density at radius 1 is 0.562 bits per heavy atom. The van der Waals surface area contributed by atoms with Crippen molar-refractivity contribution in [2.24, 2.45) is 0 Å². The summed E-state index contributed by atoms with van der Waals surface area (Å²) in [5.41, 5.74) is 4.08. The van der Waals surface area contributed by atoms with Gasteiger partial charge in [0.15, 0.2) is 0 Å². The molecule has 0 amide bonds. The van der Waals surface area contributed by atoms with Crippen molar-refractivity contribution in [1.29, 1.82) is 0 Å². The molecule has 0 aliphatic rings. The van der Waals surface area contributed by atoms with Crippen LogP contribution in [0.3, 0.4) is 0 Å². The zero-order valence-corrected chi connectivity index (χ0v) is 20.9. The van der Waals surface area contributed by atoms with Crippen LogP contribution in [0.25, 0.3) is 0 Å². The zero-order valence-electron chi connectivity index (χ0n) is 20.9. The molecular weight excluding hydrogens is 374 g/mol. The third kappa shape index (κ3) is 12.6. The van der Waals surface area contributed by atoms with Gasteiger partial charge in [0.2, 0.25) is 0 Å². The summed E-state index contributed by atoms with van der Waals surface area (Å²) in [6.45, 7) is 4.49. The second-order valence-corrected chi connectivity index (χ2v) is 7.78. The van der Waals surface area contributed by atoms with Crippen LogP contribution in [0, 0.1) is 12.3 Å². The van der Waals surface area contributed by atoms with Gasteiger partial charge in [0.1, 0.15) is 0 Å². The van der Waals surface area contributed by atoms with Gasteiger partial charge in [0.25, 0.3) is 0 Å². The number of benzene rings is 3. The van der Waals surface area contributed by atoms with Crippen molar-refractivity contribution in [2.75, 3.05) is 0 Å². The van der Waals surface area contributed by atoms with Crippen molar-refractivity contribution in [3.63, 3.8) is 0 Å². The van der Waals surface area contributed by atoms with E-state index in [4.69, 9.17) is 0 Å². The Bertz CT molecular complexity index is 717. The molecule has 160 valence electrons. The zero-order chi connectivity index (χ0) is 21.3. The first-order valence-corrected chi connectivity index (χ1v) is 11.7. The maximum absolute atomic E-state index is 2.32. The van der Waals surface area contributed by atoms with Gasteiger partial charge in [0, 0.05) is 0 Å². The van der Waals surface area contributed by atoms with E-state index in [-0.39, 0.29) is 37.7 Å². The smallest absolute Gasteiger partial charge is 0.192 e. The fourth-order valence-corrected chi connectivity index (χ4v) is 3.54. The number of rotatable bonds is 11. The van der Waals surface area contributed by atoms with Crippen LogP contribution in [0.15, 0.2) is 91.0 Å². The number of hydrogen-bond donors (Lipinski definition) is 0. The van der Waals surface area contributed by atoms with Gasteiger partial charge < -0.3 is 0 Å². The molecule has 0 aliphatic heterocycles. The van der Waals surface area contributed by atoms with Gasteiger partial charge >= 0.3 is 37.7 Å². The molecule has 3 aromatic carbocycles. The van der Waals surface area contributed by atoms with E-state index in [1.54, 1.807) is 0 Å². The van der Waals surface area contributed by atoms with Crippen molar-refractivity contribution in [2.45, 2.75) is 65.2 Å². The first-order valence-electron chi connectivity index (χ1n) is 11.7.